The van der Waals surface area contributed by atoms with Crippen molar-refractivity contribution in [3.05, 3.63) is 70.3 Å². The maximum Gasteiger partial charge on any atom is 0.194 e. The molecular weight excluding hydrogens is 240 g/mol. The molecular formula is C16H12O3. The van der Waals surface area contributed by atoms with Crippen molar-refractivity contribution >= 4 is 11.6 Å². The van der Waals surface area contributed by atoms with Gasteiger partial charge in [-0.25, -0.2) is 0 Å². The van der Waals surface area contributed by atoms with Gasteiger partial charge in [0.15, 0.2) is 11.6 Å². The van der Waals surface area contributed by atoms with Crippen molar-refractivity contribution in [3.63, 3.8) is 0 Å². The van der Waals surface area contributed by atoms with Gasteiger partial charge in [-0.05, 0) is 17.7 Å². The molecule has 0 heterocycles. The monoisotopic (exact) mass is 252 g/mol. The van der Waals surface area contributed by atoms with Crippen molar-refractivity contribution in [2.24, 2.45) is 0 Å². The second-order valence-corrected chi connectivity index (χ2v) is 4.52. The van der Waals surface area contributed by atoms with Crippen LogP contribution in [0.3, 0.4) is 0 Å². The molecule has 19 heavy (non-hydrogen) atoms. The minimum absolute atomic E-state index is 0.0887. The van der Waals surface area contributed by atoms with Crippen LogP contribution in [-0.2, 0) is 11.3 Å². The second-order valence-electron chi connectivity index (χ2n) is 4.52. The summed E-state index contributed by atoms with van der Waals surface area (Å²) >= 11 is 0. The first-order valence-corrected chi connectivity index (χ1v) is 6.02. The minimum Gasteiger partial charge on any atom is -0.380 e. The van der Waals surface area contributed by atoms with E-state index in [4.69, 9.17) is 4.74 Å². The van der Waals surface area contributed by atoms with E-state index < -0.39 is 0 Å². The van der Waals surface area contributed by atoms with Gasteiger partial charge < -0.3 is 4.74 Å². The lowest BCUT2D eigenvalue weighted by molar-refractivity contribution is 0.0978. The van der Waals surface area contributed by atoms with E-state index in [1.807, 2.05) is 6.07 Å². The highest BCUT2D eigenvalue weighted by atomic mass is 16.5. The van der Waals surface area contributed by atoms with Gasteiger partial charge in [0.1, 0.15) is 0 Å². The molecule has 0 fully saturated rings. The van der Waals surface area contributed by atoms with Crippen molar-refractivity contribution in [1.29, 1.82) is 0 Å². The first-order chi connectivity index (χ1) is 9.22. The summed E-state index contributed by atoms with van der Waals surface area (Å²) < 4.78 is 5.05. The number of hydrogen-bond acceptors (Lipinski definition) is 3. The Morgan fingerprint density at radius 1 is 0.842 bits per heavy atom. The van der Waals surface area contributed by atoms with Gasteiger partial charge in [0, 0.05) is 29.4 Å². The number of carbonyl (C=O) groups excluding carboxylic acids is 2. The van der Waals surface area contributed by atoms with Crippen LogP contribution in [0.5, 0.6) is 0 Å². The Morgan fingerprint density at radius 3 is 2.05 bits per heavy atom. The van der Waals surface area contributed by atoms with Gasteiger partial charge in [-0.1, -0.05) is 30.3 Å². The van der Waals surface area contributed by atoms with E-state index in [1.54, 1.807) is 43.5 Å². The van der Waals surface area contributed by atoms with E-state index >= 15 is 0 Å². The number of ketones is 2. The maximum atomic E-state index is 12.4. The van der Waals surface area contributed by atoms with Crippen LogP contribution in [0.15, 0.2) is 42.5 Å². The first-order valence-electron chi connectivity index (χ1n) is 6.02. The Morgan fingerprint density at radius 2 is 1.42 bits per heavy atom. The highest BCUT2D eigenvalue weighted by molar-refractivity contribution is 6.28. The third-order valence-electron chi connectivity index (χ3n) is 3.30. The third kappa shape index (κ3) is 1.79. The number of benzene rings is 2. The van der Waals surface area contributed by atoms with Crippen molar-refractivity contribution in [2.45, 2.75) is 6.61 Å². The molecule has 3 rings (SSSR count). The topological polar surface area (TPSA) is 43.4 Å². The zero-order valence-corrected chi connectivity index (χ0v) is 10.5. The van der Waals surface area contributed by atoms with Crippen LogP contribution in [-0.4, -0.2) is 18.7 Å². The quantitative estimate of drug-likeness (QED) is 0.704. The number of ether oxygens (including phenoxy) is 1. The van der Waals surface area contributed by atoms with E-state index in [9.17, 15) is 9.59 Å². The fourth-order valence-electron chi connectivity index (χ4n) is 2.40. The van der Waals surface area contributed by atoms with E-state index in [2.05, 4.69) is 0 Å². The summed E-state index contributed by atoms with van der Waals surface area (Å²) in [6.45, 7) is 0.427. The maximum absolute atomic E-state index is 12.4. The van der Waals surface area contributed by atoms with E-state index in [1.165, 1.54) is 0 Å². The molecule has 94 valence electrons. The Kier molecular flexibility index (Phi) is 2.76. The highest BCUT2D eigenvalue weighted by Gasteiger charge is 2.29. The summed E-state index contributed by atoms with van der Waals surface area (Å²) in [7, 11) is 1.60. The van der Waals surface area contributed by atoms with Gasteiger partial charge in [0.25, 0.3) is 0 Å². The molecule has 0 radical (unpaired) electrons. The molecule has 2 aromatic rings. The fraction of sp³-hybridized carbons (Fsp3) is 0.125. The molecule has 1 aliphatic carbocycles. The zero-order chi connectivity index (χ0) is 13.4. The van der Waals surface area contributed by atoms with Gasteiger partial charge in [-0.3, -0.25) is 9.59 Å². The third-order valence-corrected chi connectivity index (χ3v) is 3.30. The van der Waals surface area contributed by atoms with Crippen molar-refractivity contribution in [2.75, 3.05) is 7.11 Å². The predicted molar refractivity (Wildman–Crippen MR) is 70.5 cm³/mol. The molecule has 3 nitrogen and oxygen atoms in total. The molecule has 0 N–H and O–H groups in total. The van der Waals surface area contributed by atoms with Crippen LogP contribution in [0, 0.1) is 0 Å². The van der Waals surface area contributed by atoms with Gasteiger partial charge in [0.05, 0.1) is 6.61 Å². The summed E-state index contributed by atoms with van der Waals surface area (Å²) in [5, 5.41) is 0. The van der Waals surface area contributed by atoms with Crippen LogP contribution in [0.1, 0.15) is 37.4 Å². The van der Waals surface area contributed by atoms with Crippen LogP contribution >= 0.6 is 0 Å². The molecule has 1 aliphatic rings. The van der Waals surface area contributed by atoms with E-state index in [-0.39, 0.29) is 11.6 Å². The predicted octanol–water partition coefficient (Wildman–Crippen LogP) is 2.61. The van der Waals surface area contributed by atoms with E-state index in [0.717, 1.165) is 5.56 Å². The number of fused-ring (bicyclic) bond motifs is 2. The van der Waals surface area contributed by atoms with Crippen LogP contribution in [0.2, 0.25) is 0 Å². The van der Waals surface area contributed by atoms with Crippen LogP contribution in [0.4, 0.5) is 0 Å². The smallest absolute Gasteiger partial charge is 0.194 e. The molecule has 0 saturated heterocycles. The largest absolute Gasteiger partial charge is 0.380 e. The number of hydrogen-bond donors (Lipinski definition) is 0. The molecule has 0 atom stereocenters. The molecule has 0 unspecified atom stereocenters. The second kappa shape index (κ2) is 4.44. The Balaban J connectivity index is 2.18. The average molecular weight is 252 g/mol. The number of rotatable bonds is 2. The van der Waals surface area contributed by atoms with Gasteiger partial charge in [0.2, 0.25) is 0 Å². The number of methoxy groups -OCH3 is 1. The number of carbonyl (C=O) groups is 2. The molecule has 0 amide bonds. The van der Waals surface area contributed by atoms with Crippen LogP contribution < -0.4 is 0 Å². The SMILES string of the molecule is COCc1ccc2c(c1)C(=O)c1ccccc1C2=O. The summed E-state index contributed by atoms with van der Waals surface area (Å²) in [6, 6.07) is 12.2. The normalized spacial score (nSPS) is 13.1. The molecule has 0 aromatic heterocycles. The van der Waals surface area contributed by atoms with Crippen molar-refractivity contribution < 1.29 is 14.3 Å². The summed E-state index contributed by atoms with van der Waals surface area (Å²) in [4.78, 5) is 24.8. The van der Waals surface area contributed by atoms with Gasteiger partial charge in [-0.15, -0.1) is 0 Å². The molecule has 2 aromatic carbocycles. The Hall–Kier alpha value is -2.26. The zero-order valence-electron chi connectivity index (χ0n) is 10.5. The van der Waals surface area contributed by atoms with E-state index in [0.29, 0.717) is 28.9 Å². The Labute approximate surface area is 110 Å². The van der Waals surface area contributed by atoms with Crippen molar-refractivity contribution in [1.82, 2.24) is 0 Å². The minimum atomic E-state index is -0.0943. The summed E-state index contributed by atoms with van der Waals surface area (Å²) in [5.74, 6) is -0.183. The van der Waals surface area contributed by atoms with Gasteiger partial charge in [-0.2, -0.15) is 0 Å². The summed E-state index contributed by atoms with van der Waals surface area (Å²) in [6.07, 6.45) is 0. The lowest BCUT2D eigenvalue weighted by Gasteiger charge is -2.17. The van der Waals surface area contributed by atoms with Crippen molar-refractivity contribution in [3.8, 4) is 0 Å². The molecule has 0 aliphatic heterocycles. The highest BCUT2D eigenvalue weighted by Crippen LogP contribution is 2.27. The summed E-state index contributed by atoms with van der Waals surface area (Å²) in [5.41, 5.74) is 2.80. The first kappa shape index (κ1) is 11.8. The lowest BCUT2D eigenvalue weighted by atomic mass is 9.83. The molecule has 0 saturated carbocycles. The average Bonchev–Trinajstić information content (AvgIpc) is 2.45. The van der Waals surface area contributed by atoms with Crippen LogP contribution in [0.25, 0.3) is 0 Å². The Bertz CT molecular complexity index is 686. The van der Waals surface area contributed by atoms with Gasteiger partial charge >= 0.3 is 0 Å². The molecule has 0 spiro atoms. The molecule has 3 heteroatoms. The lowest BCUT2D eigenvalue weighted by Crippen LogP contribution is -2.21. The fourth-order valence-corrected chi connectivity index (χ4v) is 2.40. The standard InChI is InChI=1S/C16H12O3/c1-19-9-10-6-7-13-14(8-10)16(18)12-5-3-2-4-11(12)15(13)17/h2-8H,9H2,1H3. The molecule has 0 bridgehead atoms.